The van der Waals surface area contributed by atoms with Gasteiger partial charge in [0, 0.05) is 27.1 Å². The maximum Gasteiger partial charge on any atom is 0.407 e. The average Bonchev–Trinajstić information content (AvgIpc) is 2.59. The highest BCUT2D eigenvalue weighted by atomic mass is 16.5. The van der Waals surface area contributed by atoms with Gasteiger partial charge in [-0.05, 0) is 25.7 Å². The fourth-order valence-corrected chi connectivity index (χ4v) is 2.56. The molecule has 0 bridgehead atoms. The van der Waals surface area contributed by atoms with E-state index in [0.717, 1.165) is 6.54 Å². The lowest BCUT2D eigenvalue weighted by Gasteiger charge is -2.29. The Morgan fingerprint density at radius 3 is 2.14 bits per heavy atom. The number of carbonyl (C=O) groups is 3. The number of esters is 1. The highest BCUT2D eigenvalue weighted by Crippen LogP contribution is 2.15. The van der Waals surface area contributed by atoms with E-state index < -0.39 is 6.09 Å². The van der Waals surface area contributed by atoms with Crippen molar-refractivity contribution in [1.82, 2.24) is 10.6 Å². The standard InChI is InChI=1S/C19H37N3O6/c1-6-27-18(24)15-17(7-13-26-5)8-14-28-19(25)21-10-12-22(3,4)11-9-20-16(2)23/h17H,6-15H2,1-5H3,(H-,20,21,23,25)/p+1. The number of hydrogen-bond acceptors (Lipinski definition) is 6. The molecule has 0 aliphatic carbocycles. The summed E-state index contributed by atoms with van der Waals surface area (Å²) in [4.78, 5) is 34.4. The second-order valence-corrected chi connectivity index (χ2v) is 7.37. The van der Waals surface area contributed by atoms with E-state index in [1.54, 1.807) is 14.0 Å². The van der Waals surface area contributed by atoms with E-state index in [4.69, 9.17) is 14.2 Å². The molecule has 2 N–H and O–H groups in total. The highest BCUT2D eigenvalue weighted by Gasteiger charge is 2.17. The molecule has 1 atom stereocenters. The summed E-state index contributed by atoms with van der Waals surface area (Å²) in [6.07, 6.45) is 1.11. The number of methoxy groups -OCH3 is 1. The van der Waals surface area contributed by atoms with Gasteiger partial charge in [-0.15, -0.1) is 0 Å². The zero-order valence-corrected chi connectivity index (χ0v) is 18.0. The molecule has 0 aromatic rings. The van der Waals surface area contributed by atoms with E-state index in [1.807, 2.05) is 14.1 Å². The van der Waals surface area contributed by atoms with Crippen LogP contribution in [0.5, 0.6) is 0 Å². The smallest absolute Gasteiger partial charge is 0.407 e. The molecule has 9 nitrogen and oxygen atoms in total. The first kappa shape index (κ1) is 26.1. The van der Waals surface area contributed by atoms with Crippen molar-refractivity contribution in [2.24, 2.45) is 5.92 Å². The molecule has 0 spiro atoms. The monoisotopic (exact) mass is 404 g/mol. The van der Waals surface area contributed by atoms with Crippen molar-refractivity contribution in [2.75, 3.05) is 67.2 Å². The molecule has 0 aromatic carbocycles. The summed E-state index contributed by atoms with van der Waals surface area (Å²) in [5, 5.41) is 5.50. The van der Waals surface area contributed by atoms with Gasteiger partial charge in [0.2, 0.25) is 5.91 Å². The van der Waals surface area contributed by atoms with Gasteiger partial charge >= 0.3 is 12.1 Å². The van der Waals surface area contributed by atoms with Gasteiger partial charge in [0.1, 0.15) is 0 Å². The molecule has 9 heteroatoms. The van der Waals surface area contributed by atoms with Crippen LogP contribution in [0.4, 0.5) is 4.79 Å². The fourth-order valence-electron chi connectivity index (χ4n) is 2.56. The van der Waals surface area contributed by atoms with Crippen LogP contribution in [0.2, 0.25) is 0 Å². The van der Waals surface area contributed by atoms with Crippen LogP contribution in [-0.2, 0) is 23.8 Å². The quantitative estimate of drug-likeness (QED) is 0.311. The first-order chi connectivity index (χ1) is 13.2. The average molecular weight is 405 g/mol. The molecule has 0 saturated heterocycles. The predicted octanol–water partition coefficient (Wildman–Crippen LogP) is 0.921. The van der Waals surface area contributed by atoms with E-state index in [2.05, 4.69) is 10.6 Å². The molecule has 0 rings (SSSR count). The number of hydrogen-bond donors (Lipinski definition) is 2. The van der Waals surface area contributed by atoms with Crippen molar-refractivity contribution >= 4 is 18.0 Å². The van der Waals surface area contributed by atoms with E-state index in [0.29, 0.717) is 56.6 Å². The van der Waals surface area contributed by atoms with Crippen molar-refractivity contribution in [3.8, 4) is 0 Å². The van der Waals surface area contributed by atoms with Crippen LogP contribution in [-0.4, -0.2) is 89.7 Å². The molecule has 164 valence electrons. The molecule has 0 heterocycles. The third kappa shape index (κ3) is 15.2. The number of likely N-dealkylation sites (N-methyl/N-ethyl adjacent to an activating group) is 1. The van der Waals surface area contributed by atoms with Crippen LogP contribution in [0, 0.1) is 5.92 Å². The number of nitrogens with zero attached hydrogens (tertiary/aromatic N) is 1. The summed E-state index contributed by atoms with van der Waals surface area (Å²) in [7, 11) is 5.68. The van der Waals surface area contributed by atoms with Crippen molar-refractivity contribution in [3.05, 3.63) is 0 Å². The van der Waals surface area contributed by atoms with Crippen LogP contribution in [0.15, 0.2) is 0 Å². The van der Waals surface area contributed by atoms with Gasteiger partial charge in [-0.25, -0.2) is 4.79 Å². The lowest BCUT2D eigenvalue weighted by Crippen LogP contribution is -2.49. The largest absolute Gasteiger partial charge is 0.466 e. The summed E-state index contributed by atoms with van der Waals surface area (Å²) in [6, 6.07) is 0. The predicted molar refractivity (Wildman–Crippen MR) is 106 cm³/mol. The van der Waals surface area contributed by atoms with Crippen molar-refractivity contribution in [3.63, 3.8) is 0 Å². The summed E-state index contributed by atoms with van der Waals surface area (Å²) >= 11 is 0. The van der Waals surface area contributed by atoms with E-state index in [9.17, 15) is 14.4 Å². The Morgan fingerprint density at radius 1 is 0.964 bits per heavy atom. The van der Waals surface area contributed by atoms with Gasteiger partial charge in [-0.2, -0.15) is 0 Å². The Labute approximate surface area is 168 Å². The molecule has 0 radical (unpaired) electrons. The molecule has 1 unspecified atom stereocenters. The Hall–Kier alpha value is -1.87. The number of alkyl carbamates (subject to hydrolysis) is 1. The summed E-state index contributed by atoms with van der Waals surface area (Å²) < 4.78 is 15.9. The van der Waals surface area contributed by atoms with Gasteiger partial charge in [0.25, 0.3) is 0 Å². The Kier molecular flexibility index (Phi) is 14.1. The Balaban J connectivity index is 4.06. The summed E-state index contributed by atoms with van der Waals surface area (Å²) in [6.45, 7) is 6.95. The van der Waals surface area contributed by atoms with Gasteiger partial charge in [0.15, 0.2) is 0 Å². The van der Waals surface area contributed by atoms with E-state index in [-0.39, 0.29) is 24.4 Å². The molecule has 0 aliphatic heterocycles. The number of carbonyl (C=O) groups excluding carboxylic acids is 3. The minimum Gasteiger partial charge on any atom is -0.466 e. The maximum absolute atomic E-state index is 11.8. The highest BCUT2D eigenvalue weighted by molar-refractivity contribution is 5.72. The summed E-state index contributed by atoms with van der Waals surface area (Å²) in [5.41, 5.74) is 0. The third-order valence-electron chi connectivity index (χ3n) is 4.33. The Bertz CT molecular complexity index is 471. The van der Waals surface area contributed by atoms with Crippen LogP contribution in [0.25, 0.3) is 0 Å². The van der Waals surface area contributed by atoms with Crippen molar-refractivity contribution < 1.29 is 33.1 Å². The molecule has 2 amide bonds. The Morgan fingerprint density at radius 2 is 1.57 bits per heavy atom. The van der Waals surface area contributed by atoms with Crippen LogP contribution in [0.3, 0.4) is 0 Å². The van der Waals surface area contributed by atoms with Gasteiger partial charge in [-0.3, -0.25) is 9.59 Å². The van der Waals surface area contributed by atoms with E-state index in [1.165, 1.54) is 6.92 Å². The number of nitrogens with one attached hydrogen (secondary N) is 2. The van der Waals surface area contributed by atoms with Crippen LogP contribution in [0.1, 0.15) is 33.1 Å². The number of rotatable bonds is 15. The lowest BCUT2D eigenvalue weighted by molar-refractivity contribution is -0.887. The first-order valence-electron chi connectivity index (χ1n) is 9.81. The zero-order valence-electron chi connectivity index (χ0n) is 18.0. The second kappa shape index (κ2) is 15.1. The fraction of sp³-hybridized carbons (Fsp3) is 0.842. The number of amides is 2. The molecule has 0 aromatic heterocycles. The van der Waals surface area contributed by atoms with Crippen LogP contribution < -0.4 is 10.6 Å². The maximum atomic E-state index is 11.8. The third-order valence-corrected chi connectivity index (χ3v) is 4.33. The van der Waals surface area contributed by atoms with Gasteiger partial charge in [0.05, 0.1) is 53.5 Å². The normalized spacial score (nSPS) is 12.2. The number of quaternary nitrogens is 1. The minimum absolute atomic E-state index is 0.0477. The number of ether oxygens (including phenoxy) is 3. The SMILES string of the molecule is CCOC(=O)CC(CCOC)CCOC(=O)NCC[N+](C)(C)CCNC(C)=O. The first-order valence-corrected chi connectivity index (χ1v) is 9.81. The minimum atomic E-state index is -0.469. The van der Waals surface area contributed by atoms with Crippen molar-refractivity contribution in [2.45, 2.75) is 33.1 Å². The zero-order chi connectivity index (χ0) is 21.4. The molecular weight excluding hydrogens is 366 g/mol. The lowest BCUT2D eigenvalue weighted by atomic mass is 9.98. The topological polar surface area (TPSA) is 103 Å². The molecule has 0 saturated carbocycles. The molecule has 28 heavy (non-hydrogen) atoms. The van der Waals surface area contributed by atoms with E-state index >= 15 is 0 Å². The van der Waals surface area contributed by atoms with Crippen molar-refractivity contribution in [1.29, 1.82) is 0 Å². The molecule has 0 fully saturated rings. The second-order valence-electron chi connectivity index (χ2n) is 7.37. The van der Waals surface area contributed by atoms with Gasteiger partial charge < -0.3 is 29.3 Å². The van der Waals surface area contributed by atoms with Gasteiger partial charge in [-0.1, -0.05) is 0 Å². The molecular formula is C19H38N3O6+. The van der Waals surface area contributed by atoms with Crippen LogP contribution >= 0.6 is 0 Å². The summed E-state index contributed by atoms with van der Waals surface area (Å²) in [5.74, 6) is -0.239. The molecule has 0 aliphatic rings.